The molecule has 1 aromatic rings. The van der Waals surface area contributed by atoms with E-state index in [0.717, 1.165) is 31.4 Å². The fourth-order valence-electron chi connectivity index (χ4n) is 2.66. The SMILES string of the molecule is Cn1cc(C2(O)CCCCCCCCC2)nn1. The predicted octanol–water partition coefficient (Wildman–Crippen LogP) is 2.53. The fraction of sp³-hybridized carbons (Fsp3) is 0.846. The predicted molar refractivity (Wildman–Crippen MR) is 66.5 cm³/mol. The number of hydrogen-bond acceptors (Lipinski definition) is 3. The lowest BCUT2D eigenvalue weighted by molar-refractivity contribution is 0.00803. The van der Waals surface area contributed by atoms with Crippen LogP contribution in [0.1, 0.15) is 63.5 Å². The lowest BCUT2D eigenvalue weighted by Gasteiger charge is -2.26. The van der Waals surface area contributed by atoms with Gasteiger partial charge in [0.25, 0.3) is 0 Å². The Labute approximate surface area is 103 Å². The van der Waals surface area contributed by atoms with E-state index in [1.54, 1.807) is 4.68 Å². The van der Waals surface area contributed by atoms with Crippen LogP contribution in [0.2, 0.25) is 0 Å². The molecule has 0 atom stereocenters. The number of aromatic nitrogens is 3. The highest BCUT2D eigenvalue weighted by Gasteiger charge is 2.31. The molecule has 1 aromatic heterocycles. The first kappa shape index (κ1) is 12.6. The Morgan fingerprint density at radius 1 is 1.06 bits per heavy atom. The molecule has 4 heteroatoms. The average Bonchev–Trinajstić information content (AvgIpc) is 2.75. The summed E-state index contributed by atoms with van der Waals surface area (Å²) in [6.45, 7) is 0. The molecule has 1 saturated carbocycles. The van der Waals surface area contributed by atoms with Crippen molar-refractivity contribution in [3.05, 3.63) is 11.9 Å². The molecule has 2 rings (SSSR count). The first-order valence-corrected chi connectivity index (χ1v) is 6.80. The summed E-state index contributed by atoms with van der Waals surface area (Å²) in [5.41, 5.74) is 0.00609. The van der Waals surface area contributed by atoms with Crippen molar-refractivity contribution >= 4 is 0 Å². The van der Waals surface area contributed by atoms with Crippen LogP contribution in [0.25, 0.3) is 0 Å². The summed E-state index contributed by atoms with van der Waals surface area (Å²) in [7, 11) is 1.85. The molecular weight excluding hydrogens is 214 g/mol. The van der Waals surface area contributed by atoms with Crippen molar-refractivity contribution < 1.29 is 5.11 Å². The molecule has 0 aromatic carbocycles. The molecule has 1 heterocycles. The molecule has 1 aliphatic rings. The van der Waals surface area contributed by atoms with E-state index in [0.29, 0.717) is 0 Å². The van der Waals surface area contributed by atoms with Crippen molar-refractivity contribution in [2.24, 2.45) is 7.05 Å². The minimum atomic E-state index is -0.744. The molecular formula is C13H23N3O. The van der Waals surface area contributed by atoms with Crippen molar-refractivity contribution in [1.29, 1.82) is 0 Å². The third-order valence-corrected chi connectivity index (χ3v) is 3.76. The highest BCUT2D eigenvalue weighted by molar-refractivity contribution is 5.06. The van der Waals surface area contributed by atoms with Gasteiger partial charge in [0.2, 0.25) is 0 Å². The molecule has 4 nitrogen and oxygen atoms in total. The van der Waals surface area contributed by atoms with E-state index in [1.807, 2.05) is 13.2 Å². The zero-order chi connectivity index (χ0) is 12.1. The number of aryl methyl sites for hydroxylation is 1. The van der Waals surface area contributed by atoms with Gasteiger partial charge >= 0.3 is 0 Å². The topological polar surface area (TPSA) is 50.9 Å². The number of nitrogens with zero attached hydrogens (tertiary/aromatic N) is 3. The van der Waals surface area contributed by atoms with Crippen molar-refractivity contribution in [3.8, 4) is 0 Å². The molecule has 0 aliphatic heterocycles. The second-order valence-electron chi connectivity index (χ2n) is 5.28. The largest absolute Gasteiger partial charge is 0.383 e. The van der Waals surface area contributed by atoms with Crippen molar-refractivity contribution in [3.63, 3.8) is 0 Å². The van der Waals surface area contributed by atoms with Crippen LogP contribution in [0.3, 0.4) is 0 Å². The molecule has 0 spiro atoms. The minimum Gasteiger partial charge on any atom is -0.383 e. The van der Waals surface area contributed by atoms with E-state index in [-0.39, 0.29) is 0 Å². The maximum absolute atomic E-state index is 10.8. The summed E-state index contributed by atoms with van der Waals surface area (Å²) in [5, 5.41) is 18.8. The Morgan fingerprint density at radius 2 is 1.59 bits per heavy atom. The normalized spacial score (nSPS) is 22.2. The van der Waals surface area contributed by atoms with Crippen LogP contribution in [0.15, 0.2) is 6.20 Å². The minimum absolute atomic E-state index is 0.744. The average molecular weight is 237 g/mol. The van der Waals surface area contributed by atoms with Gasteiger partial charge in [0.1, 0.15) is 11.3 Å². The number of rotatable bonds is 1. The highest BCUT2D eigenvalue weighted by atomic mass is 16.3. The summed E-state index contributed by atoms with van der Waals surface area (Å²) in [4.78, 5) is 0. The molecule has 0 unspecified atom stereocenters. The molecule has 0 amide bonds. The summed E-state index contributed by atoms with van der Waals surface area (Å²) in [5.74, 6) is 0. The Morgan fingerprint density at radius 3 is 2.06 bits per heavy atom. The molecule has 17 heavy (non-hydrogen) atoms. The van der Waals surface area contributed by atoms with E-state index in [4.69, 9.17) is 0 Å². The molecule has 96 valence electrons. The quantitative estimate of drug-likeness (QED) is 0.816. The lowest BCUT2D eigenvalue weighted by atomic mass is 9.86. The Bertz CT molecular complexity index is 338. The second-order valence-corrected chi connectivity index (χ2v) is 5.28. The van der Waals surface area contributed by atoms with Crippen molar-refractivity contribution in [2.45, 2.75) is 63.4 Å². The van der Waals surface area contributed by atoms with Gasteiger partial charge in [0.15, 0.2) is 0 Å². The van der Waals surface area contributed by atoms with Crippen molar-refractivity contribution in [1.82, 2.24) is 15.0 Å². The smallest absolute Gasteiger partial charge is 0.114 e. The van der Waals surface area contributed by atoms with Gasteiger partial charge < -0.3 is 5.11 Å². The molecule has 0 radical (unpaired) electrons. The Kier molecular flexibility index (Phi) is 4.15. The maximum atomic E-state index is 10.8. The first-order valence-electron chi connectivity index (χ1n) is 6.80. The van der Waals surface area contributed by atoms with Gasteiger partial charge in [0.05, 0.1) is 6.20 Å². The van der Waals surface area contributed by atoms with E-state index < -0.39 is 5.60 Å². The third kappa shape index (κ3) is 3.28. The standard InChI is InChI=1S/C13H23N3O/c1-16-11-12(14-15-16)13(17)9-7-5-3-2-4-6-8-10-13/h11,17H,2-10H2,1H3. The summed E-state index contributed by atoms with van der Waals surface area (Å²) >= 11 is 0. The Hall–Kier alpha value is -0.900. The lowest BCUT2D eigenvalue weighted by Crippen LogP contribution is -2.26. The monoisotopic (exact) mass is 237 g/mol. The summed E-state index contributed by atoms with van der Waals surface area (Å²) < 4.78 is 1.67. The van der Waals surface area contributed by atoms with Crippen LogP contribution >= 0.6 is 0 Å². The highest BCUT2D eigenvalue weighted by Crippen LogP contribution is 2.32. The van der Waals surface area contributed by atoms with Gasteiger partial charge in [-0.1, -0.05) is 50.2 Å². The Balaban J connectivity index is 2.07. The van der Waals surface area contributed by atoms with Gasteiger partial charge in [0, 0.05) is 7.05 Å². The second kappa shape index (κ2) is 5.63. The van der Waals surface area contributed by atoms with Crippen LogP contribution < -0.4 is 0 Å². The number of hydrogen-bond donors (Lipinski definition) is 1. The molecule has 1 fully saturated rings. The van der Waals surface area contributed by atoms with E-state index >= 15 is 0 Å². The van der Waals surface area contributed by atoms with E-state index in [1.165, 1.54) is 32.1 Å². The summed E-state index contributed by atoms with van der Waals surface area (Å²) in [6.07, 6.45) is 12.1. The zero-order valence-electron chi connectivity index (χ0n) is 10.7. The third-order valence-electron chi connectivity index (χ3n) is 3.76. The van der Waals surface area contributed by atoms with Crippen LogP contribution in [-0.2, 0) is 12.6 Å². The summed E-state index contributed by atoms with van der Waals surface area (Å²) in [6, 6.07) is 0. The van der Waals surface area contributed by atoms with Gasteiger partial charge in [-0.05, 0) is 12.8 Å². The van der Waals surface area contributed by atoms with Gasteiger partial charge in [-0.3, -0.25) is 4.68 Å². The zero-order valence-corrected chi connectivity index (χ0v) is 10.7. The molecule has 1 N–H and O–H groups in total. The van der Waals surface area contributed by atoms with Gasteiger partial charge in [-0.15, -0.1) is 5.10 Å². The van der Waals surface area contributed by atoms with Crippen molar-refractivity contribution in [2.75, 3.05) is 0 Å². The van der Waals surface area contributed by atoms with Gasteiger partial charge in [-0.2, -0.15) is 0 Å². The number of aliphatic hydroxyl groups is 1. The van der Waals surface area contributed by atoms with E-state index in [2.05, 4.69) is 10.3 Å². The molecule has 1 aliphatic carbocycles. The van der Waals surface area contributed by atoms with Crippen LogP contribution in [-0.4, -0.2) is 20.1 Å². The van der Waals surface area contributed by atoms with Crippen LogP contribution in [0.4, 0.5) is 0 Å². The first-order chi connectivity index (χ1) is 8.21. The van der Waals surface area contributed by atoms with Crippen LogP contribution in [0.5, 0.6) is 0 Å². The van der Waals surface area contributed by atoms with E-state index in [9.17, 15) is 5.11 Å². The fourth-order valence-corrected chi connectivity index (χ4v) is 2.66. The molecule has 0 saturated heterocycles. The van der Waals surface area contributed by atoms with Crippen LogP contribution in [0, 0.1) is 0 Å². The van der Waals surface area contributed by atoms with Gasteiger partial charge in [-0.25, -0.2) is 0 Å². The maximum Gasteiger partial charge on any atom is 0.114 e. The molecule has 0 bridgehead atoms.